The van der Waals surface area contributed by atoms with Crippen molar-refractivity contribution < 1.29 is 10.2 Å². The van der Waals surface area contributed by atoms with Crippen LogP contribution >= 0.6 is 0 Å². The van der Waals surface area contributed by atoms with Crippen molar-refractivity contribution in [3.8, 4) is 0 Å². The summed E-state index contributed by atoms with van der Waals surface area (Å²) in [6.07, 6.45) is 1.89. The fraction of sp³-hybridized carbons (Fsp3) is 1.00. The summed E-state index contributed by atoms with van der Waals surface area (Å²) in [4.78, 5) is 2.33. The Hall–Kier alpha value is -0.160. The molecule has 4 nitrogen and oxygen atoms in total. The van der Waals surface area contributed by atoms with Crippen molar-refractivity contribution in [1.82, 2.24) is 10.2 Å². The molecule has 1 saturated heterocycles. The summed E-state index contributed by atoms with van der Waals surface area (Å²) >= 11 is 0. The first-order valence-electron chi connectivity index (χ1n) is 4.94. The molecule has 3 N–H and O–H groups in total. The lowest BCUT2D eigenvalue weighted by Gasteiger charge is -2.20. The van der Waals surface area contributed by atoms with Gasteiger partial charge < -0.3 is 20.4 Å². The maximum Gasteiger partial charge on any atom is 0.0894 e. The number of aliphatic hydroxyl groups is 2. The normalized spacial score (nSPS) is 26.5. The van der Waals surface area contributed by atoms with Crippen LogP contribution < -0.4 is 5.32 Å². The molecule has 1 unspecified atom stereocenters. The van der Waals surface area contributed by atoms with E-state index in [9.17, 15) is 0 Å². The van der Waals surface area contributed by atoms with Crippen molar-refractivity contribution in [1.29, 1.82) is 0 Å². The fourth-order valence-corrected chi connectivity index (χ4v) is 1.72. The lowest BCUT2D eigenvalue weighted by molar-refractivity contribution is 0.0931. The summed E-state index contributed by atoms with van der Waals surface area (Å²) in [5.74, 6) is 0. The van der Waals surface area contributed by atoms with E-state index in [4.69, 9.17) is 10.2 Å². The molecular formula is C9H20N2O2. The van der Waals surface area contributed by atoms with Gasteiger partial charge in [-0.3, -0.25) is 0 Å². The number of nitrogens with one attached hydrogen (secondary N) is 1. The van der Waals surface area contributed by atoms with Gasteiger partial charge in [0.2, 0.25) is 0 Å². The third-order valence-corrected chi connectivity index (χ3v) is 2.64. The molecule has 1 aliphatic heterocycles. The van der Waals surface area contributed by atoms with Gasteiger partial charge in [-0.1, -0.05) is 0 Å². The van der Waals surface area contributed by atoms with E-state index in [1.807, 2.05) is 0 Å². The number of likely N-dealkylation sites (tertiary alicyclic amines) is 1. The Balaban J connectivity index is 2.05. The third-order valence-electron chi connectivity index (χ3n) is 2.64. The largest absolute Gasteiger partial charge is 0.394 e. The van der Waals surface area contributed by atoms with Crippen LogP contribution in [-0.4, -0.2) is 60.5 Å². The first kappa shape index (κ1) is 10.9. The van der Waals surface area contributed by atoms with Gasteiger partial charge in [0.25, 0.3) is 0 Å². The highest BCUT2D eigenvalue weighted by molar-refractivity contribution is 4.78. The second-order valence-electron chi connectivity index (χ2n) is 3.77. The SMILES string of the molecule is CN1CCCC1CNC[C@H](O)CO. The lowest BCUT2D eigenvalue weighted by atomic mass is 10.2. The summed E-state index contributed by atoms with van der Waals surface area (Å²) in [5.41, 5.74) is 0. The molecule has 0 spiro atoms. The quantitative estimate of drug-likeness (QED) is 0.519. The minimum absolute atomic E-state index is 0.159. The van der Waals surface area contributed by atoms with Crippen LogP contribution in [-0.2, 0) is 0 Å². The highest BCUT2D eigenvalue weighted by Gasteiger charge is 2.20. The highest BCUT2D eigenvalue weighted by Crippen LogP contribution is 2.13. The molecule has 0 bridgehead atoms. The number of likely N-dealkylation sites (N-methyl/N-ethyl adjacent to an activating group) is 1. The maximum atomic E-state index is 9.07. The molecular weight excluding hydrogens is 168 g/mol. The zero-order chi connectivity index (χ0) is 9.68. The summed E-state index contributed by atoms with van der Waals surface area (Å²) in [6, 6.07) is 0.603. The van der Waals surface area contributed by atoms with E-state index < -0.39 is 6.10 Å². The van der Waals surface area contributed by atoms with E-state index in [-0.39, 0.29) is 6.61 Å². The molecule has 1 rings (SSSR count). The molecule has 1 fully saturated rings. The zero-order valence-corrected chi connectivity index (χ0v) is 8.24. The van der Waals surface area contributed by atoms with Crippen LogP contribution in [0.15, 0.2) is 0 Å². The van der Waals surface area contributed by atoms with Gasteiger partial charge in [-0.05, 0) is 26.4 Å². The zero-order valence-electron chi connectivity index (χ0n) is 8.24. The Morgan fingerprint density at radius 3 is 2.92 bits per heavy atom. The lowest BCUT2D eigenvalue weighted by Crippen LogP contribution is -2.39. The maximum absolute atomic E-state index is 9.07. The molecule has 4 heteroatoms. The van der Waals surface area contributed by atoms with Crippen LogP contribution in [0.2, 0.25) is 0 Å². The van der Waals surface area contributed by atoms with Gasteiger partial charge >= 0.3 is 0 Å². The predicted octanol–water partition coefficient (Wildman–Crippen LogP) is -0.977. The topological polar surface area (TPSA) is 55.7 Å². The standard InChI is InChI=1S/C9H20N2O2/c1-11-4-2-3-8(11)5-10-6-9(13)7-12/h8-10,12-13H,2-7H2,1H3/t8?,9-/m0/s1. The summed E-state index contributed by atoms with van der Waals surface area (Å²) < 4.78 is 0. The van der Waals surface area contributed by atoms with Crippen molar-refractivity contribution in [3.63, 3.8) is 0 Å². The van der Waals surface area contributed by atoms with E-state index in [2.05, 4.69) is 17.3 Å². The van der Waals surface area contributed by atoms with Gasteiger partial charge in [0.05, 0.1) is 12.7 Å². The van der Waals surface area contributed by atoms with Crippen molar-refractivity contribution in [2.45, 2.75) is 25.0 Å². The van der Waals surface area contributed by atoms with Crippen LogP contribution in [0.25, 0.3) is 0 Å². The van der Waals surface area contributed by atoms with Crippen molar-refractivity contribution in [2.24, 2.45) is 0 Å². The van der Waals surface area contributed by atoms with Crippen molar-refractivity contribution >= 4 is 0 Å². The fourth-order valence-electron chi connectivity index (χ4n) is 1.72. The van der Waals surface area contributed by atoms with Crippen LogP contribution in [0.5, 0.6) is 0 Å². The van der Waals surface area contributed by atoms with Crippen LogP contribution in [0.3, 0.4) is 0 Å². The Morgan fingerprint density at radius 2 is 2.38 bits per heavy atom. The first-order valence-corrected chi connectivity index (χ1v) is 4.94. The minimum atomic E-state index is -0.619. The molecule has 0 radical (unpaired) electrons. The van der Waals surface area contributed by atoms with E-state index in [0.29, 0.717) is 12.6 Å². The molecule has 78 valence electrons. The van der Waals surface area contributed by atoms with Crippen molar-refractivity contribution in [2.75, 3.05) is 33.3 Å². The Labute approximate surface area is 79.6 Å². The van der Waals surface area contributed by atoms with Crippen LogP contribution in [0, 0.1) is 0 Å². The molecule has 13 heavy (non-hydrogen) atoms. The number of rotatable bonds is 5. The first-order chi connectivity index (χ1) is 6.24. The monoisotopic (exact) mass is 188 g/mol. The molecule has 1 heterocycles. The predicted molar refractivity (Wildman–Crippen MR) is 51.6 cm³/mol. The molecule has 0 aromatic heterocycles. The molecule has 0 saturated carbocycles. The van der Waals surface area contributed by atoms with E-state index in [0.717, 1.165) is 6.54 Å². The molecule has 0 amide bonds. The van der Waals surface area contributed by atoms with Gasteiger partial charge in [0, 0.05) is 19.1 Å². The Morgan fingerprint density at radius 1 is 1.62 bits per heavy atom. The van der Waals surface area contributed by atoms with Gasteiger partial charge in [0.1, 0.15) is 0 Å². The summed E-state index contributed by atoms with van der Waals surface area (Å²) in [5, 5.41) is 20.8. The number of nitrogens with zero attached hydrogens (tertiary/aromatic N) is 1. The van der Waals surface area contributed by atoms with Crippen LogP contribution in [0.4, 0.5) is 0 Å². The number of aliphatic hydroxyl groups excluding tert-OH is 2. The average molecular weight is 188 g/mol. The summed E-state index contributed by atoms with van der Waals surface area (Å²) in [6.45, 7) is 2.41. The van der Waals surface area contributed by atoms with Gasteiger partial charge in [0.15, 0.2) is 0 Å². The van der Waals surface area contributed by atoms with Crippen molar-refractivity contribution in [3.05, 3.63) is 0 Å². The molecule has 0 aliphatic carbocycles. The van der Waals surface area contributed by atoms with Crippen LogP contribution in [0.1, 0.15) is 12.8 Å². The molecule has 2 atom stereocenters. The average Bonchev–Trinajstić information content (AvgIpc) is 2.52. The number of hydrogen-bond donors (Lipinski definition) is 3. The van der Waals surface area contributed by atoms with E-state index in [1.165, 1.54) is 19.4 Å². The third kappa shape index (κ3) is 3.60. The van der Waals surface area contributed by atoms with Gasteiger partial charge in [-0.25, -0.2) is 0 Å². The van der Waals surface area contributed by atoms with E-state index in [1.54, 1.807) is 0 Å². The smallest absolute Gasteiger partial charge is 0.0894 e. The summed E-state index contributed by atoms with van der Waals surface area (Å²) in [7, 11) is 2.13. The Bertz CT molecular complexity index is 144. The Kier molecular flexibility index (Phi) is 4.66. The van der Waals surface area contributed by atoms with Gasteiger partial charge in [-0.15, -0.1) is 0 Å². The second-order valence-corrected chi connectivity index (χ2v) is 3.77. The number of hydrogen-bond acceptors (Lipinski definition) is 4. The molecule has 0 aromatic carbocycles. The van der Waals surface area contributed by atoms with Gasteiger partial charge in [-0.2, -0.15) is 0 Å². The second kappa shape index (κ2) is 5.54. The molecule has 1 aliphatic rings. The molecule has 0 aromatic rings. The highest BCUT2D eigenvalue weighted by atomic mass is 16.3. The van der Waals surface area contributed by atoms with E-state index >= 15 is 0 Å². The minimum Gasteiger partial charge on any atom is -0.394 e.